The fourth-order valence-corrected chi connectivity index (χ4v) is 4.63. The summed E-state index contributed by atoms with van der Waals surface area (Å²) in [6.45, 7) is 5.79. The molecule has 2 atom stereocenters. The van der Waals surface area contributed by atoms with Crippen LogP contribution in [0.15, 0.2) is 61.1 Å². The molecule has 0 unspecified atom stereocenters. The number of halogens is 1. The molecule has 5 rings (SSSR count). The minimum absolute atomic E-state index is 0.132. The molecule has 2 aliphatic heterocycles. The third kappa shape index (κ3) is 4.32. The van der Waals surface area contributed by atoms with Gasteiger partial charge in [0.15, 0.2) is 0 Å². The molecule has 0 radical (unpaired) electrons. The van der Waals surface area contributed by atoms with Gasteiger partial charge in [0.2, 0.25) is 0 Å². The van der Waals surface area contributed by atoms with Crippen LogP contribution in [-0.4, -0.2) is 81.1 Å². The number of β-amino-alcohol motifs (C(OH)–C–C–N with tert-alkyl or cyclic N) is 1. The second-order valence-corrected chi connectivity index (χ2v) is 8.28. The standard InChI is InChI=1S/C23H27FN6O/c24-19-5-1-2-6-20(19)30-15-18(13-26-30)14-27-16-21(22(31)17-27)28-9-11-29(12-10-28)23-7-3-4-8-25-23/h1-8,13,15,21-22,31H,9-12,14,16-17H2/t21-,22-/m0/s1. The first-order chi connectivity index (χ1) is 15.2. The van der Waals surface area contributed by atoms with Crippen LogP contribution in [0.5, 0.6) is 0 Å². The summed E-state index contributed by atoms with van der Waals surface area (Å²) < 4.78 is 15.6. The summed E-state index contributed by atoms with van der Waals surface area (Å²) >= 11 is 0. The molecule has 162 valence electrons. The van der Waals surface area contributed by atoms with Crippen molar-refractivity contribution in [2.45, 2.75) is 18.7 Å². The van der Waals surface area contributed by atoms with E-state index in [1.54, 1.807) is 29.1 Å². The highest BCUT2D eigenvalue weighted by Gasteiger charge is 2.36. The zero-order valence-corrected chi connectivity index (χ0v) is 17.4. The van der Waals surface area contributed by atoms with Gasteiger partial charge in [0.05, 0.1) is 12.3 Å². The molecule has 4 heterocycles. The molecular formula is C23H27FN6O. The van der Waals surface area contributed by atoms with Crippen LogP contribution in [0.4, 0.5) is 10.2 Å². The Labute approximate surface area is 181 Å². The highest BCUT2D eigenvalue weighted by atomic mass is 19.1. The number of rotatable bonds is 5. The Morgan fingerprint density at radius 3 is 2.58 bits per heavy atom. The van der Waals surface area contributed by atoms with Crippen LogP contribution >= 0.6 is 0 Å². The maximum absolute atomic E-state index is 14.0. The monoisotopic (exact) mass is 422 g/mol. The summed E-state index contributed by atoms with van der Waals surface area (Å²) in [6, 6.07) is 12.7. The fourth-order valence-electron chi connectivity index (χ4n) is 4.63. The summed E-state index contributed by atoms with van der Waals surface area (Å²) in [6.07, 6.45) is 5.10. The van der Waals surface area contributed by atoms with Crippen molar-refractivity contribution in [3.63, 3.8) is 0 Å². The molecule has 2 aliphatic rings. The number of piperazine rings is 1. The van der Waals surface area contributed by atoms with Crippen LogP contribution in [0.25, 0.3) is 5.69 Å². The molecule has 0 saturated carbocycles. The van der Waals surface area contributed by atoms with Crippen molar-refractivity contribution >= 4 is 5.82 Å². The number of pyridine rings is 1. The van der Waals surface area contributed by atoms with E-state index in [2.05, 4.69) is 24.8 Å². The van der Waals surface area contributed by atoms with E-state index in [0.717, 1.165) is 44.1 Å². The maximum atomic E-state index is 14.0. The van der Waals surface area contributed by atoms with E-state index < -0.39 is 0 Å². The number of para-hydroxylation sites is 1. The molecule has 2 fully saturated rings. The number of hydrogen-bond donors (Lipinski definition) is 1. The lowest BCUT2D eigenvalue weighted by Gasteiger charge is -2.39. The van der Waals surface area contributed by atoms with Gasteiger partial charge in [0, 0.05) is 69.8 Å². The molecule has 3 aromatic rings. The minimum Gasteiger partial charge on any atom is -0.390 e. The van der Waals surface area contributed by atoms with E-state index in [9.17, 15) is 9.50 Å². The van der Waals surface area contributed by atoms with E-state index in [1.165, 1.54) is 6.07 Å². The van der Waals surface area contributed by atoms with Gasteiger partial charge in [-0.15, -0.1) is 0 Å². The molecule has 0 bridgehead atoms. The van der Waals surface area contributed by atoms with Crippen molar-refractivity contribution < 1.29 is 9.50 Å². The molecule has 0 spiro atoms. The van der Waals surface area contributed by atoms with Gasteiger partial charge in [-0.25, -0.2) is 14.1 Å². The molecule has 7 nitrogen and oxygen atoms in total. The molecule has 1 N–H and O–H groups in total. The summed E-state index contributed by atoms with van der Waals surface area (Å²) in [5.41, 5.74) is 1.45. The van der Waals surface area contributed by atoms with Crippen LogP contribution in [0.1, 0.15) is 5.56 Å². The second-order valence-electron chi connectivity index (χ2n) is 8.28. The van der Waals surface area contributed by atoms with E-state index >= 15 is 0 Å². The van der Waals surface area contributed by atoms with Gasteiger partial charge >= 0.3 is 0 Å². The fraction of sp³-hybridized carbons (Fsp3) is 0.391. The van der Waals surface area contributed by atoms with Gasteiger partial charge in [0.1, 0.15) is 17.3 Å². The summed E-state index contributed by atoms with van der Waals surface area (Å²) in [4.78, 5) is 11.4. The SMILES string of the molecule is O[C@H]1CN(Cc2cnn(-c3ccccc3F)c2)C[C@@H]1N1CCN(c2ccccn2)CC1. The van der Waals surface area contributed by atoms with Crippen molar-refractivity contribution in [3.05, 3.63) is 72.4 Å². The van der Waals surface area contributed by atoms with E-state index in [0.29, 0.717) is 18.8 Å². The number of benzene rings is 1. The van der Waals surface area contributed by atoms with Gasteiger partial charge < -0.3 is 10.0 Å². The Balaban J connectivity index is 1.18. The van der Waals surface area contributed by atoms with Crippen LogP contribution in [0.3, 0.4) is 0 Å². The summed E-state index contributed by atoms with van der Waals surface area (Å²) in [5.74, 6) is 0.723. The smallest absolute Gasteiger partial charge is 0.148 e. The predicted molar refractivity (Wildman–Crippen MR) is 117 cm³/mol. The van der Waals surface area contributed by atoms with Gasteiger partial charge in [-0.05, 0) is 24.3 Å². The Bertz CT molecular complexity index is 1000. The number of aliphatic hydroxyl groups is 1. The number of anilines is 1. The largest absolute Gasteiger partial charge is 0.390 e. The van der Waals surface area contributed by atoms with Gasteiger partial charge in [-0.1, -0.05) is 18.2 Å². The molecule has 2 aromatic heterocycles. The van der Waals surface area contributed by atoms with Crippen molar-refractivity contribution in [1.82, 2.24) is 24.6 Å². The molecule has 31 heavy (non-hydrogen) atoms. The lowest BCUT2D eigenvalue weighted by molar-refractivity contribution is 0.0790. The molecular weight excluding hydrogens is 395 g/mol. The van der Waals surface area contributed by atoms with Gasteiger partial charge in [0.25, 0.3) is 0 Å². The first kappa shape index (κ1) is 20.1. The van der Waals surface area contributed by atoms with E-state index in [4.69, 9.17) is 0 Å². The number of aliphatic hydroxyl groups excluding tert-OH is 1. The number of hydrogen-bond acceptors (Lipinski definition) is 6. The predicted octanol–water partition coefficient (Wildman–Crippen LogP) is 1.77. The van der Waals surface area contributed by atoms with Crippen LogP contribution in [0.2, 0.25) is 0 Å². The number of aromatic nitrogens is 3. The van der Waals surface area contributed by atoms with Crippen molar-refractivity contribution in [3.8, 4) is 5.69 Å². The third-order valence-electron chi connectivity index (χ3n) is 6.23. The number of likely N-dealkylation sites (tertiary alicyclic amines) is 1. The Kier molecular flexibility index (Phi) is 5.67. The molecule has 8 heteroatoms. The van der Waals surface area contributed by atoms with Crippen molar-refractivity contribution in [2.24, 2.45) is 0 Å². The van der Waals surface area contributed by atoms with Crippen molar-refractivity contribution in [2.75, 3.05) is 44.2 Å². The quantitative estimate of drug-likeness (QED) is 0.676. The third-order valence-corrected chi connectivity index (χ3v) is 6.23. The van der Waals surface area contributed by atoms with Gasteiger partial charge in [-0.2, -0.15) is 5.10 Å². The topological polar surface area (TPSA) is 60.7 Å². The summed E-state index contributed by atoms with van der Waals surface area (Å²) in [7, 11) is 0. The average Bonchev–Trinajstić information content (AvgIpc) is 3.41. The van der Waals surface area contributed by atoms with Gasteiger partial charge in [-0.3, -0.25) is 9.80 Å². The lowest BCUT2D eigenvalue weighted by atomic mass is 10.1. The van der Waals surface area contributed by atoms with Crippen LogP contribution in [-0.2, 0) is 6.54 Å². The highest BCUT2D eigenvalue weighted by Crippen LogP contribution is 2.22. The van der Waals surface area contributed by atoms with E-state index in [-0.39, 0.29) is 18.0 Å². The van der Waals surface area contributed by atoms with Crippen LogP contribution in [0, 0.1) is 5.82 Å². The first-order valence-electron chi connectivity index (χ1n) is 10.8. The number of nitrogens with zero attached hydrogens (tertiary/aromatic N) is 6. The molecule has 2 saturated heterocycles. The zero-order chi connectivity index (χ0) is 21.2. The average molecular weight is 423 g/mol. The van der Waals surface area contributed by atoms with Crippen LogP contribution < -0.4 is 4.90 Å². The molecule has 0 aliphatic carbocycles. The van der Waals surface area contributed by atoms with E-state index in [1.807, 2.05) is 30.6 Å². The Morgan fingerprint density at radius 2 is 1.81 bits per heavy atom. The summed E-state index contributed by atoms with van der Waals surface area (Å²) in [5, 5.41) is 15.0. The normalized spacial score (nSPS) is 22.8. The highest BCUT2D eigenvalue weighted by molar-refractivity contribution is 5.38. The maximum Gasteiger partial charge on any atom is 0.148 e. The van der Waals surface area contributed by atoms with Crippen molar-refractivity contribution in [1.29, 1.82) is 0 Å². The Morgan fingerprint density at radius 1 is 1.00 bits per heavy atom. The lowest BCUT2D eigenvalue weighted by Crippen LogP contribution is -2.53. The Hall–Kier alpha value is -2.81. The zero-order valence-electron chi connectivity index (χ0n) is 17.4. The second kappa shape index (κ2) is 8.74. The molecule has 0 amide bonds. The minimum atomic E-state index is -0.372. The molecule has 1 aromatic carbocycles. The first-order valence-corrected chi connectivity index (χ1v) is 10.8.